The minimum Gasteiger partial charge on any atom is -0.476 e. The zero-order valence-corrected chi connectivity index (χ0v) is 10.8. The molecule has 3 nitrogen and oxygen atoms in total. The van der Waals surface area contributed by atoms with Gasteiger partial charge in [-0.3, -0.25) is 0 Å². The van der Waals surface area contributed by atoms with E-state index in [1.165, 1.54) is 12.8 Å². The molecule has 1 atom stereocenters. The Morgan fingerprint density at radius 1 is 1.39 bits per heavy atom. The topological polar surface area (TPSA) is 34.1 Å². The molecule has 0 saturated carbocycles. The van der Waals surface area contributed by atoms with E-state index in [0.717, 1.165) is 17.3 Å². The summed E-state index contributed by atoms with van der Waals surface area (Å²) in [6, 6.07) is 8.20. The molecule has 18 heavy (non-hydrogen) atoms. The van der Waals surface area contributed by atoms with Gasteiger partial charge in [-0.2, -0.15) is 0 Å². The van der Waals surface area contributed by atoms with Crippen molar-refractivity contribution in [3.63, 3.8) is 0 Å². The molecule has 1 aromatic carbocycles. The smallest absolute Gasteiger partial charge is 0.222 e. The highest BCUT2D eigenvalue weighted by Crippen LogP contribution is 2.30. The second kappa shape index (κ2) is 5.12. The van der Waals surface area contributed by atoms with Gasteiger partial charge in [0, 0.05) is 12.2 Å². The summed E-state index contributed by atoms with van der Waals surface area (Å²) in [6.45, 7) is 1.73. The Morgan fingerprint density at radius 3 is 3.17 bits per heavy atom. The van der Waals surface area contributed by atoms with Crippen LogP contribution in [0.5, 0.6) is 5.88 Å². The number of fused-ring (bicyclic) bond motifs is 1. The summed E-state index contributed by atoms with van der Waals surface area (Å²) in [6.07, 6.45) is 4.15. The summed E-state index contributed by atoms with van der Waals surface area (Å²) in [5.74, 6) is 0.631. The summed E-state index contributed by atoms with van der Waals surface area (Å²) in [4.78, 5) is 4.29. The van der Waals surface area contributed by atoms with E-state index >= 15 is 0 Å². The van der Waals surface area contributed by atoms with Gasteiger partial charge in [0.15, 0.2) is 0 Å². The largest absolute Gasteiger partial charge is 0.476 e. The van der Waals surface area contributed by atoms with E-state index < -0.39 is 0 Å². The second-order valence-corrected chi connectivity index (χ2v) is 4.97. The maximum atomic E-state index is 6.22. The highest BCUT2D eigenvalue weighted by molar-refractivity contribution is 6.36. The predicted octanol–water partition coefficient (Wildman–Crippen LogP) is 3.02. The Morgan fingerprint density at radius 2 is 2.33 bits per heavy atom. The van der Waals surface area contributed by atoms with Gasteiger partial charge in [0.25, 0.3) is 0 Å². The van der Waals surface area contributed by atoms with Crippen LogP contribution in [0.15, 0.2) is 30.5 Å². The monoisotopic (exact) mass is 262 g/mol. The van der Waals surface area contributed by atoms with E-state index in [9.17, 15) is 0 Å². The molecule has 1 aliphatic rings. The van der Waals surface area contributed by atoms with Gasteiger partial charge < -0.3 is 10.1 Å². The van der Waals surface area contributed by atoms with Gasteiger partial charge in [0.1, 0.15) is 6.61 Å². The lowest BCUT2D eigenvalue weighted by Gasteiger charge is -2.13. The Kier molecular flexibility index (Phi) is 3.35. The molecule has 2 heterocycles. The Bertz CT molecular complexity index is 547. The highest BCUT2D eigenvalue weighted by Gasteiger charge is 2.16. The lowest BCUT2D eigenvalue weighted by atomic mass is 10.2. The molecule has 2 aromatic rings. The maximum Gasteiger partial charge on any atom is 0.222 e. The van der Waals surface area contributed by atoms with Crippen molar-refractivity contribution in [2.75, 3.05) is 13.2 Å². The van der Waals surface area contributed by atoms with Crippen LogP contribution in [0, 0.1) is 0 Å². The number of hydrogen-bond acceptors (Lipinski definition) is 3. The molecule has 1 unspecified atom stereocenters. The van der Waals surface area contributed by atoms with Crippen molar-refractivity contribution >= 4 is 22.4 Å². The van der Waals surface area contributed by atoms with Crippen molar-refractivity contribution in [1.82, 2.24) is 10.3 Å². The third-order valence-electron chi connectivity index (χ3n) is 3.29. The summed E-state index contributed by atoms with van der Waals surface area (Å²) >= 11 is 6.22. The number of aromatic nitrogens is 1. The van der Waals surface area contributed by atoms with E-state index in [2.05, 4.69) is 10.3 Å². The van der Waals surface area contributed by atoms with Crippen LogP contribution >= 0.6 is 11.6 Å². The Hall–Kier alpha value is -1.32. The van der Waals surface area contributed by atoms with Crippen LogP contribution in [0.4, 0.5) is 0 Å². The standard InChI is InChI=1S/C14H15ClN2O/c15-12-5-1-3-10-6-8-17-14(13(10)12)18-9-11-4-2-7-16-11/h1,3,5-6,8,11,16H,2,4,7,9H2. The van der Waals surface area contributed by atoms with Crippen LogP contribution in [-0.2, 0) is 0 Å². The van der Waals surface area contributed by atoms with Crippen LogP contribution in [0.2, 0.25) is 5.02 Å². The molecule has 1 aromatic heterocycles. The van der Waals surface area contributed by atoms with Gasteiger partial charge in [-0.15, -0.1) is 0 Å². The highest BCUT2D eigenvalue weighted by atomic mass is 35.5. The van der Waals surface area contributed by atoms with E-state index in [0.29, 0.717) is 23.6 Å². The van der Waals surface area contributed by atoms with Gasteiger partial charge in [-0.1, -0.05) is 23.7 Å². The van der Waals surface area contributed by atoms with Gasteiger partial charge in [0.05, 0.1) is 10.4 Å². The van der Waals surface area contributed by atoms with E-state index in [1.807, 2.05) is 24.3 Å². The van der Waals surface area contributed by atoms with Crippen molar-refractivity contribution in [3.8, 4) is 5.88 Å². The number of nitrogens with one attached hydrogen (secondary N) is 1. The molecule has 0 radical (unpaired) electrons. The predicted molar refractivity (Wildman–Crippen MR) is 73.3 cm³/mol. The number of rotatable bonds is 3. The normalized spacial score (nSPS) is 19.3. The molecule has 1 saturated heterocycles. The van der Waals surface area contributed by atoms with Crippen molar-refractivity contribution in [1.29, 1.82) is 0 Å². The maximum absolute atomic E-state index is 6.22. The van der Waals surface area contributed by atoms with Gasteiger partial charge >= 0.3 is 0 Å². The quantitative estimate of drug-likeness (QED) is 0.923. The van der Waals surface area contributed by atoms with Crippen molar-refractivity contribution in [3.05, 3.63) is 35.5 Å². The van der Waals surface area contributed by atoms with Gasteiger partial charge in [0.2, 0.25) is 5.88 Å². The average Bonchev–Trinajstić information content (AvgIpc) is 2.89. The summed E-state index contributed by atoms with van der Waals surface area (Å²) in [5.41, 5.74) is 0. The molecule has 0 aliphatic carbocycles. The molecule has 0 amide bonds. The fourth-order valence-electron chi connectivity index (χ4n) is 2.34. The van der Waals surface area contributed by atoms with Crippen LogP contribution in [0.25, 0.3) is 10.8 Å². The molecular formula is C14H15ClN2O. The van der Waals surface area contributed by atoms with Crippen LogP contribution in [0.1, 0.15) is 12.8 Å². The lowest BCUT2D eigenvalue weighted by Crippen LogP contribution is -2.28. The number of benzene rings is 1. The molecule has 1 aliphatic heterocycles. The zero-order valence-electron chi connectivity index (χ0n) is 10.0. The van der Waals surface area contributed by atoms with Crippen molar-refractivity contribution < 1.29 is 4.74 Å². The van der Waals surface area contributed by atoms with E-state index in [1.54, 1.807) is 6.20 Å². The van der Waals surface area contributed by atoms with Crippen molar-refractivity contribution in [2.24, 2.45) is 0 Å². The summed E-state index contributed by atoms with van der Waals surface area (Å²) < 4.78 is 5.83. The molecule has 1 fully saturated rings. The third-order valence-corrected chi connectivity index (χ3v) is 3.60. The number of hydrogen-bond donors (Lipinski definition) is 1. The average molecular weight is 263 g/mol. The first-order valence-corrected chi connectivity index (χ1v) is 6.62. The first-order chi connectivity index (χ1) is 8.84. The molecule has 1 N–H and O–H groups in total. The number of pyridine rings is 1. The number of nitrogens with zero attached hydrogens (tertiary/aromatic N) is 1. The van der Waals surface area contributed by atoms with E-state index in [4.69, 9.17) is 16.3 Å². The molecule has 0 spiro atoms. The minimum atomic E-state index is 0.435. The number of halogens is 1. The zero-order chi connectivity index (χ0) is 12.4. The fourth-order valence-corrected chi connectivity index (χ4v) is 2.61. The van der Waals surface area contributed by atoms with Crippen LogP contribution in [-0.4, -0.2) is 24.2 Å². The number of ether oxygens (including phenoxy) is 1. The van der Waals surface area contributed by atoms with Crippen LogP contribution in [0.3, 0.4) is 0 Å². The summed E-state index contributed by atoms with van der Waals surface area (Å²) in [5, 5.41) is 6.06. The molecule has 0 bridgehead atoms. The van der Waals surface area contributed by atoms with Gasteiger partial charge in [-0.25, -0.2) is 4.98 Å². The van der Waals surface area contributed by atoms with E-state index in [-0.39, 0.29) is 0 Å². The summed E-state index contributed by atoms with van der Waals surface area (Å²) in [7, 11) is 0. The molecule has 4 heteroatoms. The first-order valence-electron chi connectivity index (χ1n) is 6.24. The molecule has 3 rings (SSSR count). The SMILES string of the molecule is Clc1cccc2ccnc(OCC3CCCN3)c12. The Balaban J connectivity index is 1.86. The third kappa shape index (κ3) is 2.28. The minimum absolute atomic E-state index is 0.435. The second-order valence-electron chi connectivity index (χ2n) is 4.56. The fraction of sp³-hybridized carbons (Fsp3) is 0.357. The lowest BCUT2D eigenvalue weighted by molar-refractivity contribution is 0.271. The molecule has 94 valence electrons. The van der Waals surface area contributed by atoms with Crippen LogP contribution < -0.4 is 10.1 Å². The van der Waals surface area contributed by atoms with Crippen molar-refractivity contribution in [2.45, 2.75) is 18.9 Å². The first kappa shape index (κ1) is 11.8. The van der Waals surface area contributed by atoms with Gasteiger partial charge in [-0.05, 0) is 36.9 Å². The molecular weight excluding hydrogens is 248 g/mol. The Labute approximate surface area is 111 Å².